The van der Waals surface area contributed by atoms with E-state index in [1.165, 1.54) is 11.1 Å². The fourth-order valence-electron chi connectivity index (χ4n) is 5.59. The Labute approximate surface area is 230 Å². The van der Waals surface area contributed by atoms with Gasteiger partial charge in [0.15, 0.2) is 5.69 Å². The van der Waals surface area contributed by atoms with Crippen molar-refractivity contribution in [2.75, 3.05) is 62.2 Å². The molecule has 5 rings (SSSR count). The van der Waals surface area contributed by atoms with Gasteiger partial charge in [-0.25, -0.2) is 4.98 Å². The van der Waals surface area contributed by atoms with Crippen LogP contribution < -0.4 is 9.80 Å². The molecule has 39 heavy (non-hydrogen) atoms. The number of anilines is 2. The smallest absolute Gasteiger partial charge is 0.254 e. The van der Waals surface area contributed by atoms with E-state index in [0.29, 0.717) is 31.9 Å². The van der Waals surface area contributed by atoms with Crippen LogP contribution in [-0.2, 0) is 6.54 Å². The maximum Gasteiger partial charge on any atom is 0.254 e. The molecule has 0 atom stereocenters. The summed E-state index contributed by atoms with van der Waals surface area (Å²) in [6, 6.07) is 20.2. The highest BCUT2D eigenvalue weighted by molar-refractivity contribution is 5.96. The van der Waals surface area contributed by atoms with Gasteiger partial charge in [0, 0.05) is 70.7 Å². The van der Waals surface area contributed by atoms with Crippen LogP contribution >= 0.6 is 0 Å². The summed E-state index contributed by atoms with van der Waals surface area (Å²) in [7, 11) is 0. The minimum Gasteiger partial charge on any atom is -0.368 e. The molecule has 1 amide bonds. The lowest BCUT2D eigenvalue weighted by molar-refractivity contribution is 0.0746. The molecule has 198 valence electrons. The van der Waals surface area contributed by atoms with Gasteiger partial charge in [-0.3, -0.25) is 9.69 Å². The van der Waals surface area contributed by atoms with E-state index in [0.717, 1.165) is 60.8 Å². The third-order valence-corrected chi connectivity index (χ3v) is 7.84. The minimum atomic E-state index is 0.0676. The third-order valence-electron chi connectivity index (χ3n) is 7.84. The van der Waals surface area contributed by atoms with Crippen LogP contribution in [0.2, 0.25) is 0 Å². The first kappa shape index (κ1) is 26.2. The Morgan fingerprint density at radius 2 is 1.49 bits per heavy atom. The number of hydrogen-bond donors (Lipinski definition) is 0. The minimum absolute atomic E-state index is 0.0676. The van der Waals surface area contributed by atoms with Crippen LogP contribution in [0.5, 0.6) is 0 Å². The first-order valence-corrected chi connectivity index (χ1v) is 13.4. The monoisotopic (exact) mass is 519 g/mol. The van der Waals surface area contributed by atoms with Crippen molar-refractivity contribution in [2.45, 2.75) is 20.4 Å². The second-order valence-corrected chi connectivity index (χ2v) is 10.2. The van der Waals surface area contributed by atoms with E-state index in [2.05, 4.69) is 50.9 Å². The molecule has 2 aliphatic heterocycles. The Morgan fingerprint density at radius 3 is 2.21 bits per heavy atom. The highest BCUT2D eigenvalue weighted by atomic mass is 16.2. The van der Waals surface area contributed by atoms with Gasteiger partial charge in [-0.15, -0.1) is 0 Å². The van der Waals surface area contributed by atoms with Crippen molar-refractivity contribution in [2.24, 2.45) is 0 Å². The Morgan fingerprint density at radius 1 is 0.821 bits per heavy atom. The summed E-state index contributed by atoms with van der Waals surface area (Å²) >= 11 is 0. The molecule has 0 saturated carbocycles. The van der Waals surface area contributed by atoms with E-state index in [1.807, 2.05) is 48.2 Å². The van der Waals surface area contributed by atoms with Crippen molar-refractivity contribution >= 4 is 17.3 Å². The van der Waals surface area contributed by atoms with Crippen molar-refractivity contribution in [3.63, 3.8) is 0 Å². The predicted molar refractivity (Wildman–Crippen MR) is 152 cm³/mol. The molecule has 0 radical (unpaired) electrons. The number of pyridine rings is 1. The Bertz CT molecular complexity index is 1440. The zero-order valence-corrected chi connectivity index (χ0v) is 22.6. The summed E-state index contributed by atoms with van der Waals surface area (Å²) in [5.41, 5.74) is 7.13. The summed E-state index contributed by atoms with van der Waals surface area (Å²) in [4.78, 5) is 26.5. The van der Waals surface area contributed by atoms with Crippen LogP contribution in [0.25, 0.3) is 0 Å². The van der Waals surface area contributed by atoms with Gasteiger partial charge in [-0.2, -0.15) is 10.5 Å². The molecule has 8 heteroatoms. The van der Waals surface area contributed by atoms with Crippen molar-refractivity contribution in [3.05, 3.63) is 88.2 Å². The predicted octanol–water partition coefficient (Wildman–Crippen LogP) is 3.73. The van der Waals surface area contributed by atoms with Crippen LogP contribution in [0.4, 0.5) is 11.4 Å². The molecule has 2 saturated heterocycles. The highest BCUT2D eigenvalue weighted by Crippen LogP contribution is 2.25. The second-order valence-electron chi connectivity index (χ2n) is 10.2. The number of nitriles is 2. The molecule has 3 heterocycles. The fourth-order valence-corrected chi connectivity index (χ4v) is 5.59. The number of amides is 1. The molecule has 0 aliphatic carbocycles. The number of nitrogens with zero attached hydrogens (tertiary/aromatic N) is 7. The largest absolute Gasteiger partial charge is 0.368 e. The maximum atomic E-state index is 13.6. The molecule has 0 unspecified atom stereocenters. The van der Waals surface area contributed by atoms with Crippen LogP contribution in [-0.4, -0.2) is 73.0 Å². The number of hydrogen-bond acceptors (Lipinski definition) is 7. The fraction of sp³-hybridized carbons (Fsp3) is 0.355. The standard InChI is InChI=1S/C31H33N7O/c1-23-18-24(2)27(31(39)38-16-14-37(15-17-38)30-8-5-9-34-28(30)21-33)19-26(23)22-35-10-12-36(13-11-35)29-7-4-3-6-25(29)20-32/h3-9,18-19H,10-17,22H2,1-2H3. The normalized spacial score (nSPS) is 16.1. The van der Waals surface area contributed by atoms with Gasteiger partial charge in [0.1, 0.15) is 12.1 Å². The Kier molecular flexibility index (Phi) is 7.76. The van der Waals surface area contributed by atoms with E-state index >= 15 is 0 Å². The van der Waals surface area contributed by atoms with Crippen molar-refractivity contribution in [1.82, 2.24) is 14.8 Å². The summed E-state index contributed by atoms with van der Waals surface area (Å²) < 4.78 is 0. The zero-order valence-electron chi connectivity index (χ0n) is 22.6. The van der Waals surface area contributed by atoms with Gasteiger partial charge < -0.3 is 14.7 Å². The van der Waals surface area contributed by atoms with Crippen LogP contribution in [0.3, 0.4) is 0 Å². The molecular weight excluding hydrogens is 486 g/mol. The lowest BCUT2D eigenvalue weighted by atomic mass is 9.98. The molecule has 8 nitrogen and oxygen atoms in total. The zero-order chi connectivity index (χ0) is 27.4. The number of aromatic nitrogens is 1. The second kappa shape index (κ2) is 11.6. The van der Waals surface area contributed by atoms with E-state index in [9.17, 15) is 15.3 Å². The van der Waals surface area contributed by atoms with Crippen LogP contribution in [0, 0.1) is 36.5 Å². The molecular formula is C31H33N7O. The van der Waals surface area contributed by atoms with Gasteiger partial charge in [-0.1, -0.05) is 18.2 Å². The highest BCUT2D eigenvalue weighted by Gasteiger charge is 2.26. The van der Waals surface area contributed by atoms with Gasteiger partial charge in [0.25, 0.3) is 5.91 Å². The summed E-state index contributed by atoms with van der Waals surface area (Å²) in [6.45, 7) is 11.0. The van der Waals surface area contributed by atoms with Crippen LogP contribution in [0.15, 0.2) is 54.7 Å². The molecule has 2 aromatic carbocycles. The molecule has 3 aromatic rings. The maximum absolute atomic E-state index is 13.6. The van der Waals surface area contributed by atoms with E-state index in [1.54, 1.807) is 6.20 Å². The average Bonchev–Trinajstić information content (AvgIpc) is 2.98. The molecule has 2 aliphatic rings. The number of para-hydroxylation sites is 1. The van der Waals surface area contributed by atoms with Gasteiger partial charge in [0.05, 0.1) is 16.9 Å². The summed E-state index contributed by atoms with van der Waals surface area (Å²) in [5.74, 6) is 0.0676. The Balaban J connectivity index is 1.23. The van der Waals surface area contributed by atoms with Crippen LogP contribution in [0.1, 0.15) is 38.3 Å². The number of rotatable bonds is 5. The third kappa shape index (κ3) is 5.57. The molecule has 2 fully saturated rings. The number of carbonyl (C=O) groups is 1. The van der Waals surface area contributed by atoms with Crippen molar-refractivity contribution in [1.29, 1.82) is 10.5 Å². The van der Waals surface area contributed by atoms with E-state index in [-0.39, 0.29) is 5.91 Å². The van der Waals surface area contributed by atoms with Gasteiger partial charge in [-0.05, 0) is 60.9 Å². The summed E-state index contributed by atoms with van der Waals surface area (Å²) in [6.07, 6.45) is 1.63. The number of carbonyl (C=O) groups excluding carboxylic acids is 1. The molecule has 0 N–H and O–H groups in total. The first-order chi connectivity index (χ1) is 19.0. The van der Waals surface area contributed by atoms with E-state index in [4.69, 9.17) is 0 Å². The lowest BCUT2D eigenvalue weighted by Crippen LogP contribution is -2.49. The SMILES string of the molecule is Cc1cc(C)c(C(=O)N2CCN(c3cccnc3C#N)CC2)cc1CN1CCN(c2ccccc2C#N)CC1. The van der Waals surface area contributed by atoms with Crippen molar-refractivity contribution < 1.29 is 4.79 Å². The average molecular weight is 520 g/mol. The number of aryl methyl sites for hydroxylation is 2. The number of piperazine rings is 2. The lowest BCUT2D eigenvalue weighted by Gasteiger charge is -2.37. The quantitative estimate of drug-likeness (QED) is 0.507. The topological polar surface area (TPSA) is 90.5 Å². The Hall–Kier alpha value is -4.40. The summed E-state index contributed by atoms with van der Waals surface area (Å²) in [5, 5.41) is 18.9. The molecule has 0 bridgehead atoms. The first-order valence-electron chi connectivity index (χ1n) is 13.4. The van der Waals surface area contributed by atoms with Gasteiger partial charge in [0.2, 0.25) is 0 Å². The van der Waals surface area contributed by atoms with Crippen molar-refractivity contribution in [3.8, 4) is 12.1 Å². The molecule has 1 aromatic heterocycles. The van der Waals surface area contributed by atoms with Gasteiger partial charge >= 0.3 is 0 Å². The van der Waals surface area contributed by atoms with E-state index < -0.39 is 0 Å². The molecule has 0 spiro atoms. The number of benzene rings is 2.